The van der Waals surface area contributed by atoms with Gasteiger partial charge in [-0.05, 0) is 77.9 Å². The van der Waals surface area contributed by atoms with E-state index in [4.69, 9.17) is 37.7 Å². The van der Waals surface area contributed by atoms with Crippen LogP contribution in [0.3, 0.4) is 0 Å². The fourth-order valence-electron chi connectivity index (χ4n) is 3.59. The highest BCUT2D eigenvalue weighted by Crippen LogP contribution is 2.33. The number of nitrogens with zero attached hydrogens (tertiary/aromatic N) is 3. The number of aromatic nitrogens is 2. The Bertz CT molecular complexity index is 1230. The molecule has 192 valence electrons. The molecule has 7 nitrogen and oxygen atoms in total. The van der Waals surface area contributed by atoms with Crippen molar-refractivity contribution in [1.29, 1.82) is 0 Å². The summed E-state index contributed by atoms with van der Waals surface area (Å²) in [5.74, 6) is -0.157. The number of benzene rings is 2. The number of rotatable bonds is 7. The number of hydrogen-bond acceptors (Lipinski definition) is 5. The number of carbonyl (C=O) groups excluding carboxylic acids is 2. The number of ether oxygens (including phenoxy) is 2. The lowest BCUT2D eigenvalue weighted by atomic mass is 10.2. The zero-order valence-corrected chi connectivity index (χ0v) is 22.9. The molecule has 2 aromatic carbocycles. The minimum Gasteiger partial charge on any atom is -0.461 e. The van der Waals surface area contributed by atoms with Crippen LogP contribution in [0.4, 0.5) is 4.79 Å². The van der Waals surface area contributed by atoms with Crippen LogP contribution >= 0.6 is 23.2 Å². The highest BCUT2D eigenvalue weighted by molar-refractivity contribution is 6.33. The molecule has 1 amide bonds. The van der Waals surface area contributed by atoms with Crippen molar-refractivity contribution < 1.29 is 19.1 Å². The van der Waals surface area contributed by atoms with Crippen molar-refractivity contribution in [2.45, 2.75) is 59.7 Å². The molecule has 0 aliphatic rings. The van der Waals surface area contributed by atoms with Gasteiger partial charge < -0.3 is 9.47 Å². The molecule has 3 aromatic rings. The van der Waals surface area contributed by atoms with Crippen molar-refractivity contribution >= 4 is 35.3 Å². The van der Waals surface area contributed by atoms with Crippen LogP contribution in [0, 0.1) is 0 Å². The average molecular weight is 532 g/mol. The van der Waals surface area contributed by atoms with Gasteiger partial charge in [-0.15, -0.1) is 0 Å². The number of amides is 1. The molecule has 36 heavy (non-hydrogen) atoms. The SMILES string of the molecule is CCOC(=O)c1nc(-c2ccccc2Cl)n(-c2ccc(Cl)cc2)c1CN(C(=O)OC(C)(C)C)C(C)C. The van der Waals surface area contributed by atoms with Crippen LogP contribution in [-0.2, 0) is 16.0 Å². The number of halogens is 2. The van der Waals surface area contributed by atoms with E-state index in [2.05, 4.69) is 0 Å². The van der Waals surface area contributed by atoms with Crippen LogP contribution < -0.4 is 0 Å². The van der Waals surface area contributed by atoms with Crippen LogP contribution in [0.1, 0.15) is 57.7 Å². The third-order valence-electron chi connectivity index (χ3n) is 5.21. The van der Waals surface area contributed by atoms with E-state index in [1.165, 1.54) is 0 Å². The molecule has 0 aliphatic carbocycles. The first-order chi connectivity index (χ1) is 16.9. The number of carbonyl (C=O) groups is 2. The molecule has 0 bridgehead atoms. The quantitative estimate of drug-likeness (QED) is 0.302. The Labute approximate surface area is 221 Å². The third kappa shape index (κ3) is 6.39. The van der Waals surface area contributed by atoms with E-state index in [0.717, 1.165) is 0 Å². The van der Waals surface area contributed by atoms with E-state index in [1.54, 1.807) is 50.8 Å². The van der Waals surface area contributed by atoms with Crippen LogP contribution in [0.15, 0.2) is 48.5 Å². The molecule has 3 rings (SSSR count). The predicted molar refractivity (Wildman–Crippen MR) is 142 cm³/mol. The Hall–Kier alpha value is -3.03. The molecular weight excluding hydrogens is 501 g/mol. The molecule has 0 N–H and O–H groups in total. The maximum atomic E-state index is 13.2. The summed E-state index contributed by atoms with van der Waals surface area (Å²) in [6.45, 7) is 11.1. The topological polar surface area (TPSA) is 73.7 Å². The Kier molecular flexibility index (Phi) is 8.69. The lowest BCUT2D eigenvalue weighted by Crippen LogP contribution is -2.41. The molecule has 0 fully saturated rings. The highest BCUT2D eigenvalue weighted by atomic mass is 35.5. The lowest BCUT2D eigenvalue weighted by molar-refractivity contribution is 0.0165. The van der Waals surface area contributed by atoms with E-state index in [1.807, 2.05) is 48.7 Å². The normalized spacial score (nSPS) is 11.5. The van der Waals surface area contributed by atoms with Crippen molar-refractivity contribution in [2.24, 2.45) is 0 Å². The monoisotopic (exact) mass is 531 g/mol. The Morgan fingerprint density at radius 2 is 1.69 bits per heavy atom. The summed E-state index contributed by atoms with van der Waals surface area (Å²) in [5.41, 5.74) is 1.19. The van der Waals surface area contributed by atoms with Crippen LogP contribution in [0.5, 0.6) is 0 Å². The molecule has 0 saturated heterocycles. The largest absolute Gasteiger partial charge is 0.461 e. The molecular formula is C27H31Cl2N3O4. The second-order valence-corrected chi connectivity index (χ2v) is 10.3. The highest BCUT2D eigenvalue weighted by Gasteiger charge is 2.31. The van der Waals surface area contributed by atoms with Gasteiger partial charge in [0.25, 0.3) is 0 Å². The van der Waals surface area contributed by atoms with Crippen molar-refractivity contribution in [3.05, 3.63) is 70.0 Å². The van der Waals surface area contributed by atoms with Gasteiger partial charge in [0.2, 0.25) is 0 Å². The zero-order valence-electron chi connectivity index (χ0n) is 21.3. The molecule has 1 aromatic heterocycles. The zero-order chi connectivity index (χ0) is 26.6. The van der Waals surface area contributed by atoms with Crippen LogP contribution in [-0.4, -0.2) is 44.8 Å². The molecule has 0 radical (unpaired) electrons. The molecule has 1 heterocycles. The van der Waals surface area contributed by atoms with Gasteiger partial charge >= 0.3 is 12.1 Å². The minimum absolute atomic E-state index is 0.0425. The van der Waals surface area contributed by atoms with Gasteiger partial charge in [0.1, 0.15) is 11.4 Å². The van der Waals surface area contributed by atoms with E-state index < -0.39 is 17.7 Å². The summed E-state index contributed by atoms with van der Waals surface area (Å²) in [6.07, 6.45) is -0.504. The summed E-state index contributed by atoms with van der Waals surface area (Å²) in [5, 5.41) is 1.02. The summed E-state index contributed by atoms with van der Waals surface area (Å²) < 4.78 is 12.8. The number of esters is 1. The van der Waals surface area contributed by atoms with E-state index in [9.17, 15) is 9.59 Å². The van der Waals surface area contributed by atoms with Gasteiger partial charge in [-0.3, -0.25) is 9.47 Å². The molecule has 0 atom stereocenters. The van der Waals surface area contributed by atoms with Crippen molar-refractivity contribution in [1.82, 2.24) is 14.5 Å². The maximum absolute atomic E-state index is 13.2. The first-order valence-electron chi connectivity index (χ1n) is 11.7. The molecule has 0 unspecified atom stereocenters. The number of imidazole rings is 1. The van der Waals surface area contributed by atoms with Crippen molar-refractivity contribution in [2.75, 3.05) is 6.61 Å². The molecule has 0 saturated carbocycles. The first-order valence-corrected chi connectivity index (χ1v) is 12.5. The fraction of sp³-hybridized carbons (Fsp3) is 0.370. The Morgan fingerprint density at radius 1 is 1.06 bits per heavy atom. The summed E-state index contributed by atoms with van der Waals surface area (Å²) in [6, 6.07) is 14.1. The number of hydrogen-bond donors (Lipinski definition) is 0. The molecule has 9 heteroatoms. The van der Waals surface area contributed by atoms with E-state index in [0.29, 0.717) is 32.8 Å². The fourth-order valence-corrected chi connectivity index (χ4v) is 3.94. The summed E-state index contributed by atoms with van der Waals surface area (Å²) in [7, 11) is 0. The summed E-state index contributed by atoms with van der Waals surface area (Å²) >= 11 is 12.7. The van der Waals surface area contributed by atoms with Crippen LogP contribution in [0.2, 0.25) is 10.0 Å². The summed E-state index contributed by atoms with van der Waals surface area (Å²) in [4.78, 5) is 32.5. The van der Waals surface area contributed by atoms with Gasteiger partial charge in [0, 0.05) is 22.3 Å². The van der Waals surface area contributed by atoms with E-state index >= 15 is 0 Å². The third-order valence-corrected chi connectivity index (χ3v) is 5.79. The predicted octanol–water partition coefficient (Wildman–Crippen LogP) is 7.17. The van der Waals surface area contributed by atoms with Gasteiger partial charge in [0.05, 0.1) is 23.9 Å². The lowest BCUT2D eigenvalue weighted by Gasteiger charge is -2.30. The van der Waals surface area contributed by atoms with Crippen LogP contribution in [0.25, 0.3) is 17.1 Å². The van der Waals surface area contributed by atoms with Gasteiger partial charge in [-0.25, -0.2) is 14.6 Å². The van der Waals surface area contributed by atoms with Gasteiger partial charge in [0.15, 0.2) is 5.69 Å². The van der Waals surface area contributed by atoms with E-state index in [-0.39, 0.29) is 24.9 Å². The second kappa shape index (κ2) is 11.4. The Morgan fingerprint density at radius 3 is 2.25 bits per heavy atom. The van der Waals surface area contributed by atoms with Gasteiger partial charge in [-0.1, -0.05) is 35.3 Å². The van der Waals surface area contributed by atoms with Crippen molar-refractivity contribution in [3.63, 3.8) is 0 Å². The Balaban J connectivity index is 2.29. The molecule has 0 aliphatic heterocycles. The second-order valence-electron chi connectivity index (χ2n) is 9.44. The standard InChI is InChI=1S/C27H31Cl2N3O4/c1-7-35-25(33)23-22(16-31(17(2)3)26(34)36-27(4,5)6)32(19-14-12-18(28)13-15-19)24(30-23)20-10-8-9-11-21(20)29/h8-15,17H,7,16H2,1-6H3. The van der Waals surface area contributed by atoms with Gasteiger partial charge in [-0.2, -0.15) is 0 Å². The van der Waals surface area contributed by atoms with Crippen molar-refractivity contribution in [3.8, 4) is 17.1 Å². The average Bonchev–Trinajstić information content (AvgIpc) is 3.16. The first kappa shape index (κ1) is 27.6. The molecule has 0 spiro atoms. The minimum atomic E-state index is -0.687. The smallest absolute Gasteiger partial charge is 0.410 e. The maximum Gasteiger partial charge on any atom is 0.410 e.